The minimum atomic E-state index is -3.51. The molecule has 0 fully saturated rings. The molecule has 1 aromatic rings. The molecule has 0 amide bonds. The third kappa shape index (κ3) is 7.76. The van der Waals surface area contributed by atoms with Crippen molar-refractivity contribution in [1.82, 2.24) is 5.09 Å². The Balaban J connectivity index is 3.11. The van der Waals surface area contributed by atoms with Crippen LogP contribution in [0.5, 0.6) is 5.75 Å². The smallest absolute Gasteiger partial charge is 0.342 e. The lowest BCUT2D eigenvalue weighted by Gasteiger charge is -2.27. The van der Waals surface area contributed by atoms with Crippen molar-refractivity contribution >= 4 is 13.5 Å². The summed E-state index contributed by atoms with van der Waals surface area (Å²) in [6, 6.07) is 5.16. The number of para-hydroxylation sites is 1. The van der Waals surface area contributed by atoms with Gasteiger partial charge in [0.25, 0.3) is 0 Å². The Morgan fingerprint density at radius 2 is 1.62 bits per heavy atom. The molecule has 29 heavy (non-hydrogen) atoms. The normalized spacial score (nSPS) is 15.8. The van der Waals surface area contributed by atoms with E-state index < -0.39 is 19.5 Å². The first-order valence-electron chi connectivity index (χ1n) is 10.4. The van der Waals surface area contributed by atoms with Crippen LogP contribution in [0.25, 0.3) is 0 Å². The molecule has 1 N–H and O–H groups in total. The fourth-order valence-electron chi connectivity index (χ4n) is 2.81. The van der Waals surface area contributed by atoms with Gasteiger partial charge in [0.05, 0.1) is 6.61 Å². The number of nitrogens with one attached hydrogen (secondary N) is 1. The Bertz CT molecular complexity index is 678. The van der Waals surface area contributed by atoms with Crippen molar-refractivity contribution in [2.24, 2.45) is 5.92 Å². The average molecular weight is 428 g/mol. The molecule has 0 saturated heterocycles. The summed E-state index contributed by atoms with van der Waals surface area (Å²) in [5.41, 5.74) is 1.95. The Morgan fingerprint density at radius 1 is 1.07 bits per heavy atom. The second-order valence-electron chi connectivity index (χ2n) is 8.25. The van der Waals surface area contributed by atoms with Crippen LogP contribution in [0.1, 0.15) is 77.8 Å². The van der Waals surface area contributed by atoms with Gasteiger partial charge in [-0.15, -0.1) is 0 Å². The minimum Gasteiger partial charge on any atom is -0.464 e. The molecule has 7 heteroatoms. The van der Waals surface area contributed by atoms with Gasteiger partial charge in [-0.2, -0.15) is 0 Å². The molecule has 0 aromatic heterocycles. The van der Waals surface area contributed by atoms with E-state index in [0.717, 1.165) is 17.5 Å². The van der Waals surface area contributed by atoms with Crippen LogP contribution in [0.3, 0.4) is 0 Å². The highest BCUT2D eigenvalue weighted by Crippen LogP contribution is 2.48. The van der Waals surface area contributed by atoms with Crippen molar-refractivity contribution in [3.63, 3.8) is 0 Å². The van der Waals surface area contributed by atoms with Crippen LogP contribution in [0.2, 0.25) is 0 Å². The van der Waals surface area contributed by atoms with Gasteiger partial charge in [0.1, 0.15) is 18.1 Å². The van der Waals surface area contributed by atoms with Gasteiger partial charge in [-0.3, -0.25) is 9.36 Å². The Kier molecular flexibility index (Phi) is 10.4. The average Bonchev–Trinajstić information content (AvgIpc) is 2.65. The molecule has 0 heterocycles. The largest absolute Gasteiger partial charge is 0.464 e. The highest BCUT2D eigenvalue weighted by atomic mass is 31.2. The number of carbonyl (C=O) groups is 1. The first kappa shape index (κ1) is 25.7. The summed E-state index contributed by atoms with van der Waals surface area (Å²) in [5.74, 6) is 0.812. The van der Waals surface area contributed by atoms with Crippen molar-refractivity contribution < 1.29 is 23.4 Å². The molecule has 0 bridgehead atoms. The minimum absolute atomic E-state index is 0.153. The number of benzene rings is 1. The van der Waals surface area contributed by atoms with Crippen LogP contribution in [0, 0.1) is 5.92 Å². The zero-order chi connectivity index (χ0) is 22.2. The van der Waals surface area contributed by atoms with Crippen LogP contribution in [-0.4, -0.2) is 32.1 Å². The molecule has 166 valence electrons. The number of rotatable bonds is 12. The summed E-state index contributed by atoms with van der Waals surface area (Å²) < 4.78 is 30.2. The SMILES string of the molecule is CCC(C)COC(=O)C(C)NP(=O)(COC)Oc1c(C(C)C)cccc1C(C)C. The Labute approximate surface area is 176 Å². The maximum absolute atomic E-state index is 13.6. The zero-order valence-electron chi connectivity index (χ0n) is 19.2. The van der Waals surface area contributed by atoms with Crippen molar-refractivity contribution in [1.29, 1.82) is 0 Å². The van der Waals surface area contributed by atoms with E-state index in [1.807, 2.05) is 32.0 Å². The highest BCUT2D eigenvalue weighted by molar-refractivity contribution is 7.57. The number of hydrogen-bond donors (Lipinski definition) is 1. The van der Waals surface area contributed by atoms with Gasteiger partial charge >= 0.3 is 13.5 Å². The maximum atomic E-state index is 13.6. The standard InChI is InChI=1S/C22H38NO5P/c1-9-17(6)13-27-22(24)18(7)23-29(25,14-26-8)28-21-19(15(2)3)11-10-12-20(21)16(4)5/h10-12,15-18H,9,13-14H2,1-8H3,(H,23,25). The summed E-state index contributed by atoms with van der Waals surface area (Å²) in [6.45, 7) is 14.3. The van der Waals surface area contributed by atoms with Crippen molar-refractivity contribution in [2.45, 2.75) is 72.8 Å². The molecule has 0 spiro atoms. The van der Waals surface area contributed by atoms with E-state index in [-0.39, 0.29) is 24.1 Å². The van der Waals surface area contributed by atoms with Gasteiger partial charge in [-0.1, -0.05) is 66.2 Å². The molecule has 0 radical (unpaired) electrons. The van der Waals surface area contributed by atoms with E-state index in [2.05, 4.69) is 32.8 Å². The number of carbonyl (C=O) groups excluding carboxylic acids is 1. The second-order valence-corrected chi connectivity index (χ2v) is 10.3. The first-order chi connectivity index (χ1) is 13.5. The summed E-state index contributed by atoms with van der Waals surface area (Å²) in [7, 11) is -2.05. The predicted octanol–water partition coefficient (Wildman–Crippen LogP) is 5.68. The number of hydrogen-bond acceptors (Lipinski definition) is 5. The number of esters is 1. The molecule has 0 aliphatic rings. The van der Waals surface area contributed by atoms with E-state index in [0.29, 0.717) is 12.4 Å². The van der Waals surface area contributed by atoms with Gasteiger partial charge in [0, 0.05) is 7.11 Å². The molecular formula is C22H38NO5P. The van der Waals surface area contributed by atoms with Gasteiger partial charge in [0.15, 0.2) is 0 Å². The van der Waals surface area contributed by atoms with E-state index in [9.17, 15) is 9.36 Å². The predicted molar refractivity (Wildman–Crippen MR) is 118 cm³/mol. The lowest BCUT2D eigenvalue weighted by molar-refractivity contribution is -0.146. The second kappa shape index (κ2) is 11.7. The highest BCUT2D eigenvalue weighted by Gasteiger charge is 2.32. The molecular weight excluding hydrogens is 389 g/mol. The third-order valence-corrected chi connectivity index (χ3v) is 6.67. The van der Waals surface area contributed by atoms with E-state index >= 15 is 0 Å². The summed E-state index contributed by atoms with van der Waals surface area (Å²) in [5, 5.41) is 2.85. The van der Waals surface area contributed by atoms with Crippen LogP contribution >= 0.6 is 7.52 Å². The lowest BCUT2D eigenvalue weighted by atomic mass is 9.94. The van der Waals surface area contributed by atoms with Crippen molar-refractivity contribution in [2.75, 3.05) is 20.1 Å². The molecule has 1 aromatic carbocycles. The van der Waals surface area contributed by atoms with Crippen molar-refractivity contribution in [3.05, 3.63) is 29.3 Å². The zero-order valence-corrected chi connectivity index (χ0v) is 20.0. The number of methoxy groups -OCH3 is 1. The Morgan fingerprint density at radius 3 is 2.07 bits per heavy atom. The van der Waals surface area contributed by atoms with E-state index in [1.165, 1.54) is 7.11 Å². The monoisotopic (exact) mass is 427 g/mol. The van der Waals surface area contributed by atoms with Crippen molar-refractivity contribution in [3.8, 4) is 5.75 Å². The molecule has 3 unspecified atom stereocenters. The molecule has 0 saturated carbocycles. The molecule has 1 rings (SSSR count). The topological polar surface area (TPSA) is 73.9 Å². The fourth-order valence-corrected chi connectivity index (χ4v) is 4.53. The molecule has 3 atom stereocenters. The Hall–Kier alpha value is -1.36. The maximum Gasteiger partial charge on any atom is 0.342 e. The summed E-state index contributed by atoms with van der Waals surface area (Å²) in [4.78, 5) is 12.3. The molecule has 0 aliphatic heterocycles. The van der Waals surface area contributed by atoms with Gasteiger partial charge in [0.2, 0.25) is 0 Å². The summed E-state index contributed by atoms with van der Waals surface area (Å²) >= 11 is 0. The van der Waals surface area contributed by atoms with Crippen LogP contribution in [-0.2, 0) is 18.8 Å². The quantitative estimate of drug-likeness (QED) is 0.342. The van der Waals surface area contributed by atoms with E-state index in [1.54, 1.807) is 6.92 Å². The third-order valence-electron chi connectivity index (χ3n) is 4.81. The van der Waals surface area contributed by atoms with E-state index in [4.69, 9.17) is 14.0 Å². The van der Waals surface area contributed by atoms with Crippen LogP contribution in [0.4, 0.5) is 0 Å². The van der Waals surface area contributed by atoms with Gasteiger partial charge in [-0.05, 0) is 35.8 Å². The van der Waals surface area contributed by atoms with Crippen LogP contribution in [0.15, 0.2) is 18.2 Å². The number of ether oxygens (including phenoxy) is 2. The summed E-state index contributed by atoms with van der Waals surface area (Å²) in [6.07, 6.45) is 0.768. The molecule has 0 aliphatic carbocycles. The molecule has 6 nitrogen and oxygen atoms in total. The van der Waals surface area contributed by atoms with Crippen LogP contribution < -0.4 is 9.61 Å². The van der Waals surface area contributed by atoms with Gasteiger partial charge in [-0.25, -0.2) is 5.09 Å². The van der Waals surface area contributed by atoms with Gasteiger partial charge < -0.3 is 14.0 Å². The lowest BCUT2D eigenvalue weighted by Crippen LogP contribution is -2.36. The first-order valence-corrected chi connectivity index (χ1v) is 12.2. The fraction of sp³-hybridized carbons (Fsp3) is 0.682.